The Bertz CT molecular complexity index is 536. The lowest BCUT2D eigenvalue weighted by atomic mass is 10.3. The Labute approximate surface area is 109 Å². The third kappa shape index (κ3) is 3.21. The third-order valence-electron chi connectivity index (χ3n) is 2.12. The van der Waals surface area contributed by atoms with Crippen LogP contribution in [0.25, 0.3) is 0 Å². The van der Waals surface area contributed by atoms with Crippen molar-refractivity contribution in [2.75, 3.05) is 5.32 Å². The van der Waals surface area contributed by atoms with Gasteiger partial charge < -0.3 is 11.1 Å². The number of aryl methyl sites for hydroxylation is 1. The molecule has 0 aromatic carbocycles. The van der Waals surface area contributed by atoms with Crippen molar-refractivity contribution >= 4 is 34.4 Å². The molecule has 3 N–H and O–H groups in total. The third-order valence-corrected chi connectivity index (χ3v) is 3.15. The maximum absolute atomic E-state index is 5.52. The number of hydrogen-bond acceptors (Lipinski definition) is 5. The second kappa shape index (κ2) is 5.20. The number of thiocarbonyl (C=S) groups is 1. The summed E-state index contributed by atoms with van der Waals surface area (Å²) >= 11 is 6.51. The second-order valence-corrected chi connectivity index (χ2v) is 4.99. The predicted molar refractivity (Wildman–Crippen MR) is 74.3 cm³/mol. The molecule has 2 heterocycles. The molecule has 6 heteroatoms. The van der Waals surface area contributed by atoms with Crippen molar-refractivity contribution in [2.24, 2.45) is 5.73 Å². The topological polar surface area (TPSA) is 63.8 Å². The predicted octanol–water partition coefficient (Wildman–Crippen LogP) is 2.09. The van der Waals surface area contributed by atoms with Crippen LogP contribution >= 0.6 is 23.6 Å². The van der Waals surface area contributed by atoms with E-state index in [9.17, 15) is 0 Å². The summed E-state index contributed by atoms with van der Waals surface area (Å²) in [4.78, 5) is 8.96. The summed E-state index contributed by atoms with van der Waals surface area (Å²) in [5.41, 5.74) is 7.16. The molecule has 0 bridgehead atoms. The number of aromatic nitrogens is 2. The van der Waals surface area contributed by atoms with Gasteiger partial charge in [0.15, 0.2) is 0 Å². The zero-order chi connectivity index (χ0) is 12.3. The minimum Gasteiger partial charge on any atom is -0.388 e. The Balaban J connectivity index is 2.04. The first kappa shape index (κ1) is 11.9. The summed E-state index contributed by atoms with van der Waals surface area (Å²) < 4.78 is 0. The lowest BCUT2D eigenvalue weighted by Gasteiger charge is -2.05. The highest BCUT2D eigenvalue weighted by molar-refractivity contribution is 7.80. The Morgan fingerprint density at radius 1 is 1.47 bits per heavy atom. The molecule has 88 valence electrons. The van der Waals surface area contributed by atoms with Gasteiger partial charge in [0.05, 0.1) is 22.9 Å². The van der Waals surface area contributed by atoms with Crippen LogP contribution in [0.5, 0.6) is 0 Å². The first-order valence-electron chi connectivity index (χ1n) is 5.07. The summed E-state index contributed by atoms with van der Waals surface area (Å²) in [5.74, 6) is 0.751. The molecule has 0 amide bonds. The average Bonchev–Trinajstić information content (AvgIpc) is 2.73. The number of nitrogens with zero attached hydrogens (tertiary/aromatic N) is 2. The number of nitrogens with one attached hydrogen (secondary N) is 1. The second-order valence-electron chi connectivity index (χ2n) is 3.48. The van der Waals surface area contributed by atoms with E-state index < -0.39 is 0 Å². The summed E-state index contributed by atoms with van der Waals surface area (Å²) in [7, 11) is 0. The van der Waals surface area contributed by atoms with Crippen LogP contribution in [0.3, 0.4) is 0 Å². The largest absolute Gasteiger partial charge is 0.388 e. The molecule has 0 aliphatic heterocycles. The first-order valence-corrected chi connectivity index (χ1v) is 6.35. The van der Waals surface area contributed by atoms with Crippen molar-refractivity contribution < 1.29 is 0 Å². The van der Waals surface area contributed by atoms with Gasteiger partial charge in [-0.25, -0.2) is 9.97 Å². The maximum Gasteiger partial charge on any atom is 0.127 e. The first-order chi connectivity index (χ1) is 8.15. The van der Waals surface area contributed by atoms with Crippen LogP contribution in [0.1, 0.15) is 16.4 Å². The van der Waals surface area contributed by atoms with Gasteiger partial charge in [0, 0.05) is 5.38 Å². The minimum absolute atomic E-state index is 0.304. The minimum atomic E-state index is 0.304. The van der Waals surface area contributed by atoms with E-state index >= 15 is 0 Å². The Kier molecular flexibility index (Phi) is 3.65. The number of nitrogens with two attached hydrogens (primary N) is 1. The molecule has 0 saturated heterocycles. The highest BCUT2D eigenvalue weighted by Gasteiger charge is 2.01. The van der Waals surface area contributed by atoms with E-state index in [0.29, 0.717) is 17.2 Å². The fraction of sp³-hybridized carbons (Fsp3) is 0.182. The van der Waals surface area contributed by atoms with Crippen LogP contribution in [0.4, 0.5) is 5.82 Å². The van der Waals surface area contributed by atoms with Crippen LogP contribution in [0, 0.1) is 6.92 Å². The molecule has 2 aromatic rings. The molecule has 0 saturated carbocycles. The standard InChI is InChI=1S/C11H12N4S2/c1-7-14-8(6-17-7)5-13-10-4-2-3-9(15-10)11(12)16/h2-4,6H,5H2,1H3,(H2,12,16)(H,13,15). The highest BCUT2D eigenvalue weighted by atomic mass is 32.1. The van der Waals surface area contributed by atoms with Crippen molar-refractivity contribution in [3.05, 3.63) is 40.0 Å². The number of thiazole rings is 1. The summed E-state index contributed by atoms with van der Waals surface area (Å²) in [5, 5.41) is 6.28. The van der Waals surface area contributed by atoms with Gasteiger partial charge in [0.1, 0.15) is 10.8 Å². The average molecular weight is 264 g/mol. The van der Waals surface area contributed by atoms with Gasteiger partial charge in [0.2, 0.25) is 0 Å². The number of rotatable bonds is 4. The molecule has 0 aliphatic rings. The van der Waals surface area contributed by atoms with E-state index in [2.05, 4.69) is 15.3 Å². The van der Waals surface area contributed by atoms with Crippen molar-refractivity contribution in [3.8, 4) is 0 Å². The van der Waals surface area contributed by atoms with E-state index in [0.717, 1.165) is 16.5 Å². The molecule has 17 heavy (non-hydrogen) atoms. The van der Waals surface area contributed by atoms with Crippen LogP contribution < -0.4 is 11.1 Å². The lowest BCUT2D eigenvalue weighted by molar-refractivity contribution is 1.04. The van der Waals surface area contributed by atoms with E-state index in [-0.39, 0.29) is 0 Å². The van der Waals surface area contributed by atoms with Gasteiger partial charge in [-0.15, -0.1) is 11.3 Å². The molecular formula is C11H12N4S2. The van der Waals surface area contributed by atoms with Crippen molar-refractivity contribution in [1.29, 1.82) is 0 Å². The van der Waals surface area contributed by atoms with Gasteiger partial charge in [-0.3, -0.25) is 0 Å². The Hall–Kier alpha value is -1.53. The fourth-order valence-electron chi connectivity index (χ4n) is 1.34. The Morgan fingerprint density at radius 2 is 2.29 bits per heavy atom. The molecule has 2 rings (SSSR count). The summed E-state index contributed by atoms with van der Waals surface area (Å²) in [6, 6.07) is 5.54. The number of anilines is 1. The summed E-state index contributed by atoms with van der Waals surface area (Å²) in [6.07, 6.45) is 0. The molecule has 0 radical (unpaired) electrons. The molecule has 2 aromatic heterocycles. The van der Waals surface area contributed by atoms with Crippen molar-refractivity contribution in [2.45, 2.75) is 13.5 Å². The maximum atomic E-state index is 5.52. The molecular weight excluding hydrogens is 252 g/mol. The van der Waals surface area contributed by atoms with E-state index in [1.165, 1.54) is 0 Å². The van der Waals surface area contributed by atoms with Crippen LogP contribution in [-0.2, 0) is 6.54 Å². The Morgan fingerprint density at radius 3 is 2.94 bits per heavy atom. The molecule has 0 spiro atoms. The fourth-order valence-corrected chi connectivity index (χ4v) is 2.07. The van der Waals surface area contributed by atoms with Crippen molar-refractivity contribution in [3.63, 3.8) is 0 Å². The van der Waals surface area contributed by atoms with Crippen LogP contribution in [0.2, 0.25) is 0 Å². The highest BCUT2D eigenvalue weighted by Crippen LogP contribution is 2.10. The molecule has 0 unspecified atom stereocenters. The molecule has 0 aliphatic carbocycles. The molecule has 4 nitrogen and oxygen atoms in total. The van der Waals surface area contributed by atoms with Crippen LogP contribution in [0.15, 0.2) is 23.6 Å². The van der Waals surface area contributed by atoms with E-state index in [1.807, 2.05) is 24.4 Å². The van der Waals surface area contributed by atoms with E-state index in [4.69, 9.17) is 18.0 Å². The van der Waals surface area contributed by atoms with E-state index in [1.54, 1.807) is 17.4 Å². The number of hydrogen-bond donors (Lipinski definition) is 2. The number of pyridine rings is 1. The normalized spacial score (nSPS) is 10.2. The van der Waals surface area contributed by atoms with Gasteiger partial charge in [-0.1, -0.05) is 18.3 Å². The zero-order valence-electron chi connectivity index (χ0n) is 9.30. The monoisotopic (exact) mass is 264 g/mol. The quantitative estimate of drug-likeness (QED) is 0.828. The lowest BCUT2D eigenvalue weighted by Crippen LogP contribution is -2.12. The van der Waals surface area contributed by atoms with Crippen molar-refractivity contribution in [1.82, 2.24) is 9.97 Å². The zero-order valence-corrected chi connectivity index (χ0v) is 10.9. The molecule has 0 atom stereocenters. The van der Waals surface area contributed by atoms with Gasteiger partial charge in [-0.2, -0.15) is 0 Å². The summed E-state index contributed by atoms with van der Waals surface area (Å²) in [6.45, 7) is 2.64. The van der Waals surface area contributed by atoms with Crippen LogP contribution in [-0.4, -0.2) is 15.0 Å². The molecule has 0 fully saturated rings. The van der Waals surface area contributed by atoms with Gasteiger partial charge in [-0.05, 0) is 19.1 Å². The smallest absolute Gasteiger partial charge is 0.127 e. The van der Waals surface area contributed by atoms with Gasteiger partial charge in [0.25, 0.3) is 0 Å². The van der Waals surface area contributed by atoms with Gasteiger partial charge >= 0.3 is 0 Å². The SMILES string of the molecule is Cc1nc(CNc2cccc(C(N)=S)n2)cs1.